The van der Waals surface area contributed by atoms with Crippen LogP contribution in [0.5, 0.6) is 0 Å². The maximum absolute atomic E-state index is 9.80. The van der Waals surface area contributed by atoms with E-state index in [0.717, 1.165) is 31.4 Å². The van der Waals surface area contributed by atoms with E-state index >= 15 is 0 Å². The first kappa shape index (κ1) is 14.4. The quantitative estimate of drug-likeness (QED) is 0.539. The highest BCUT2D eigenvalue weighted by atomic mass is 28.3. The molecule has 0 saturated carbocycles. The molecule has 1 unspecified atom stereocenters. The summed E-state index contributed by atoms with van der Waals surface area (Å²) in [6.45, 7) is 1.48. The third kappa shape index (κ3) is 7.28. The van der Waals surface area contributed by atoms with E-state index in [1.54, 1.807) is 7.11 Å². The van der Waals surface area contributed by atoms with Gasteiger partial charge in [-0.05, 0) is 24.8 Å². The summed E-state index contributed by atoms with van der Waals surface area (Å²) >= 11 is 0. The third-order valence-corrected chi connectivity index (χ3v) is 4.00. The van der Waals surface area contributed by atoms with Crippen molar-refractivity contribution in [3.8, 4) is 0 Å². The normalized spacial score (nSPS) is 12.6. The number of unbranched alkanes of at least 4 members (excludes halogenated alkanes) is 2. The average Bonchev–Trinajstić information content (AvgIpc) is 2.35. The lowest BCUT2D eigenvalue weighted by Crippen LogP contribution is -2.22. The van der Waals surface area contributed by atoms with E-state index in [1.165, 1.54) is 0 Å². The molecule has 0 fully saturated rings. The molecule has 0 spiro atoms. The zero-order valence-electron chi connectivity index (χ0n) is 10.5. The second kappa shape index (κ2) is 9.36. The second-order valence-corrected chi connectivity index (χ2v) is 5.72. The van der Waals surface area contributed by atoms with Crippen LogP contribution in [0.1, 0.15) is 24.8 Å². The molecule has 0 aliphatic carbocycles. The van der Waals surface area contributed by atoms with Gasteiger partial charge in [0.2, 0.25) is 0 Å². The van der Waals surface area contributed by atoms with Crippen molar-refractivity contribution in [1.82, 2.24) is 0 Å². The van der Waals surface area contributed by atoms with Gasteiger partial charge in [0.1, 0.15) is 0 Å². The van der Waals surface area contributed by atoms with Crippen molar-refractivity contribution in [2.45, 2.75) is 25.3 Å². The maximum atomic E-state index is 9.80. The van der Waals surface area contributed by atoms with Gasteiger partial charge in [0.15, 0.2) is 0 Å². The molecule has 96 valence electrons. The van der Waals surface area contributed by atoms with Crippen LogP contribution in [0.15, 0.2) is 30.3 Å². The van der Waals surface area contributed by atoms with E-state index in [4.69, 9.17) is 9.16 Å². The molecule has 17 heavy (non-hydrogen) atoms. The molecule has 0 saturated heterocycles. The van der Waals surface area contributed by atoms with E-state index in [1.807, 2.05) is 30.3 Å². The first-order valence-corrected chi connectivity index (χ1v) is 7.96. The summed E-state index contributed by atoms with van der Waals surface area (Å²) in [5, 5.41) is 0. The Labute approximate surface area is 105 Å². The van der Waals surface area contributed by atoms with Crippen LogP contribution in [-0.2, 0) is 15.2 Å². The Morgan fingerprint density at radius 3 is 2.47 bits per heavy atom. The fourth-order valence-electron chi connectivity index (χ4n) is 1.62. The Bertz CT molecular complexity index is 279. The Balaban J connectivity index is 2.03. The number of hydrogen-bond acceptors (Lipinski definition) is 3. The zero-order chi connectivity index (χ0) is 12.3. The number of hydrogen-bond donors (Lipinski definition) is 1. The summed E-state index contributed by atoms with van der Waals surface area (Å²) in [7, 11) is -0.304. The lowest BCUT2D eigenvalue weighted by atomic mass is 10.2. The summed E-state index contributed by atoms with van der Waals surface area (Å²) < 4.78 is 10.4. The van der Waals surface area contributed by atoms with Crippen LogP contribution >= 0.6 is 0 Å². The minimum atomic E-state index is -2.02. The summed E-state index contributed by atoms with van der Waals surface area (Å²) in [6, 6.07) is 10.7. The van der Waals surface area contributed by atoms with Gasteiger partial charge >= 0.3 is 9.28 Å². The topological polar surface area (TPSA) is 38.7 Å². The van der Waals surface area contributed by atoms with Gasteiger partial charge in [-0.2, -0.15) is 0 Å². The van der Waals surface area contributed by atoms with Gasteiger partial charge in [0.05, 0.1) is 0 Å². The van der Waals surface area contributed by atoms with Crippen LogP contribution in [0, 0.1) is 0 Å². The third-order valence-electron chi connectivity index (χ3n) is 2.56. The van der Waals surface area contributed by atoms with Crippen LogP contribution in [0.2, 0.25) is 0 Å². The molecule has 1 N–H and O–H groups in total. The standard InChI is InChI=1S/C13H22O3Si/c1-15-10-6-3-7-11-16-17(14)12-13-8-4-2-5-9-13/h2,4-5,8-9,14,17H,3,6-7,10-12H2,1H3. The van der Waals surface area contributed by atoms with Crippen molar-refractivity contribution in [3.05, 3.63) is 35.9 Å². The minimum absolute atomic E-state index is 0.671. The first-order chi connectivity index (χ1) is 8.33. The number of ether oxygens (including phenoxy) is 1. The Morgan fingerprint density at radius 2 is 1.76 bits per heavy atom. The Morgan fingerprint density at radius 1 is 1.06 bits per heavy atom. The van der Waals surface area contributed by atoms with E-state index < -0.39 is 9.28 Å². The highest BCUT2D eigenvalue weighted by Crippen LogP contribution is 2.03. The molecule has 3 nitrogen and oxygen atoms in total. The van der Waals surface area contributed by atoms with Gasteiger partial charge in [0, 0.05) is 26.4 Å². The van der Waals surface area contributed by atoms with Gasteiger partial charge in [-0.25, -0.2) is 0 Å². The van der Waals surface area contributed by atoms with Gasteiger partial charge in [-0.3, -0.25) is 0 Å². The fraction of sp³-hybridized carbons (Fsp3) is 0.538. The zero-order valence-corrected chi connectivity index (χ0v) is 11.6. The molecule has 1 rings (SSSR count). The van der Waals surface area contributed by atoms with E-state index in [0.29, 0.717) is 12.7 Å². The van der Waals surface area contributed by atoms with Crippen molar-refractivity contribution >= 4 is 9.28 Å². The largest absolute Gasteiger partial charge is 0.413 e. The first-order valence-electron chi connectivity index (χ1n) is 6.15. The van der Waals surface area contributed by atoms with Crippen molar-refractivity contribution in [2.24, 2.45) is 0 Å². The average molecular weight is 254 g/mol. The molecule has 0 heterocycles. The Hall–Kier alpha value is -0.683. The number of benzene rings is 1. The summed E-state index contributed by atoms with van der Waals surface area (Å²) in [6.07, 6.45) is 3.17. The molecule has 0 aliphatic rings. The SMILES string of the molecule is COCCCCCO[SiH](O)Cc1ccccc1. The van der Waals surface area contributed by atoms with Gasteiger partial charge in [-0.1, -0.05) is 30.3 Å². The van der Waals surface area contributed by atoms with Crippen molar-refractivity contribution < 1.29 is 14.0 Å². The van der Waals surface area contributed by atoms with Crippen molar-refractivity contribution in [3.63, 3.8) is 0 Å². The highest BCUT2D eigenvalue weighted by molar-refractivity contribution is 6.42. The van der Waals surface area contributed by atoms with Crippen LogP contribution in [0.25, 0.3) is 0 Å². The second-order valence-electron chi connectivity index (χ2n) is 4.07. The molecule has 4 heteroatoms. The smallest absolute Gasteiger partial charge is 0.323 e. The summed E-state index contributed by atoms with van der Waals surface area (Å²) in [4.78, 5) is 9.80. The molecule has 0 aliphatic heterocycles. The van der Waals surface area contributed by atoms with E-state index in [-0.39, 0.29) is 0 Å². The molecule has 1 atom stereocenters. The van der Waals surface area contributed by atoms with E-state index in [2.05, 4.69) is 0 Å². The summed E-state index contributed by atoms with van der Waals surface area (Å²) in [5.74, 6) is 0. The van der Waals surface area contributed by atoms with Crippen LogP contribution in [0.3, 0.4) is 0 Å². The number of methoxy groups -OCH3 is 1. The van der Waals surface area contributed by atoms with Crippen LogP contribution in [-0.4, -0.2) is 34.4 Å². The molecule has 0 aromatic heterocycles. The molecular weight excluding hydrogens is 232 g/mol. The molecule has 0 radical (unpaired) electrons. The van der Waals surface area contributed by atoms with Gasteiger partial charge in [-0.15, -0.1) is 0 Å². The molecule has 1 aromatic rings. The van der Waals surface area contributed by atoms with Crippen LogP contribution < -0.4 is 0 Å². The molecule has 1 aromatic carbocycles. The minimum Gasteiger partial charge on any atom is -0.413 e. The summed E-state index contributed by atoms with van der Waals surface area (Å²) in [5.41, 5.74) is 1.16. The fourth-order valence-corrected chi connectivity index (χ4v) is 2.85. The molecule has 0 bridgehead atoms. The molecule has 0 amide bonds. The Kier molecular flexibility index (Phi) is 7.91. The van der Waals surface area contributed by atoms with Gasteiger partial charge < -0.3 is 14.0 Å². The van der Waals surface area contributed by atoms with Crippen molar-refractivity contribution in [2.75, 3.05) is 20.3 Å². The number of rotatable bonds is 9. The van der Waals surface area contributed by atoms with Crippen molar-refractivity contribution in [1.29, 1.82) is 0 Å². The lowest BCUT2D eigenvalue weighted by Gasteiger charge is -2.10. The monoisotopic (exact) mass is 254 g/mol. The lowest BCUT2D eigenvalue weighted by molar-refractivity contribution is 0.187. The van der Waals surface area contributed by atoms with Gasteiger partial charge in [0.25, 0.3) is 0 Å². The van der Waals surface area contributed by atoms with E-state index in [9.17, 15) is 4.80 Å². The predicted octanol–water partition coefficient (Wildman–Crippen LogP) is 1.81. The molecular formula is C13H22O3Si. The maximum Gasteiger partial charge on any atom is 0.323 e. The predicted molar refractivity (Wildman–Crippen MR) is 71.2 cm³/mol. The van der Waals surface area contributed by atoms with Crippen LogP contribution in [0.4, 0.5) is 0 Å². The highest BCUT2D eigenvalue weighted by Gasteiger charge is 2.08.